The Hall–Kier alpha value is -0.870. The fraction of sp³-hybridized carbons (Fsp3) is 0.667. The molecule has 2 N–H and O–H groups in total. The Kier molecular flexibility index (Phi) is 4.31. The van der Waals surface area contributed by atoms with Gasteiger partial charge in [-0.15, -0.1) is 10.2 Å². The van der Waals surface area contributed by atoms with Gasteiger partial charge in [0.25, 0.3) is 0 Å². The third-order valence-electron chi connectivity index (χ3n) is 2.89. The third kappa shape index (κ3) is 3.80. The van der Waals surface area contributed by atoms with Gasteiger partial charge in [-0.05, 0) is 6.42 Å². The fourth-order valence-electron chi connectivity index (χ4n) is 1.79. The first-order valence-electron chi connectivity index (χ1n) is 5.55. The lowest BCUT2D eigenvalue weighted by Crippen LogP contribution is -2.38. The monoisotopic (exact) mass is 322 g/mol. The molecule has 1 aromatic rings. The van der Waals surface area contributed by atoms with Crippen LogP contribution in [0.4, 0.5) is 5.13 Å². The molecule has 1 amide bonds. The quantitative estimate of drug-likeness (QED) is 0.769. The highest BCUT2D eigenvalue weighted by molar-refractivity contribution is 8.01. The van der Waals surface area contributed by atoms with E-state index in [1.54, 1.807) is 7.05 Å². The van der Waals surface area contributed by atoms with E-state index in [0.29, 0.717) is 15.9 Å². The van der Waals surface area contributed by atoms with Crippen LogP contribution >= 0.6 is 23.1 Å². The van der Waals surface area contributed by atoms with Crippen LogP contribution in [-0.4, -0.2) is 59.8 Å². The van der Waals surface area contributed by atoms with Crippen molar-refractivity contribution in [2.45, 2.75) is 16.8 Å². The first kappa shape index (κ1) is 14.5. The standard InChI is InChI=1S/C9H14N4O3S3/c1-13(6-2-3-19(15,16)5-6)7(14)4-17-9-12-11-8(10)18-9/h6H,2-5H2,1H3,(H2,10,11)/t6-/m1/s1. The van der Waals surface area contributed by atoms with Gasteiger partial charge in [0.15, 0.2) is 14.2 Å². The fourth-order valence-corrected chi connectivity index (χ4v) is 5.12. The van der Waals surface area contributed by atoms with Crippen LogP contribution in [0.2, 0.25) is 0 Å². The second kappa shape index (κ2) is 5.63. The number of nitrogen functional groups attached to an aromatic ring is 1. The molecule has 1 saturated heterocycles. The van der Waals surface area contributed by atoms with Crippen LogP contribution in [0.1, 0.15) is 6.42 Å². The summed E-state index contributed by atoms with van der Waals surface area (Å²) in [6, 6.07) is -0.211. The molecule has 0 unspecified atom stereocenters. The molecule has 1 aliphatic rings. The van der Waals surface area contributed by atoms with Crippen LogP contribution in [0, 0.1) is 0 Å². The zero-order valence-corrected chi connectivity index (χ0v) is 12.7. The van der Waals surface area contributed by atoms with E-state index in [1.807, 2.05) is 0 Å². The van der Waals surface area contributed by atoms with E-state index in [-0.39, 0.29) is 29.2 Å². The van der Waals surface area contributed by atoms with Gasteiger partial charge in [0.05, 0.1) is 17.3 Å². The summed E-state index contributed by atoms with van der Waals surface area (Å²) in [4.78, 5) is 13.5. The Labute approximate surface area is 119 Å². The number of nitrogens with zero attached hydrogens (tertiary/aromatic N) is 3. The van der Waals surface area contributed by atoms with Gasteiger partial charge in [0.2, 0.25) is 11.0 Å². The number of thioether (sulfide) groups is 1. The number of carbonyl (C=O) groups excluding carboxylic acids is 1. The molecule has 0 spiro atoms. The summed E-state index contributed by atoms with van der Waals surface area (Å²) in [5, 5.41) is 7.83. The van der Waals surface area contributed by atoms with E-state index >= 15 is 0 Å². The van der Waals surface area contributed by atoms with Gasteiger partial charge in [-0.1, -0.05) is 23.1 Å². The van der Waals surface area contributed by atoms with Crippen molar-refractivity contribution in [3.8, 4) is 0 Å². The molecule has 1 fully saturated rings. The Morgan fingerprint density at radius 2 is 2.32 bits per heavy atom. The number of hydrogen-bond acceptors (Lipinski definition) is 8. The second-order valence-corrected chi connectivity index (χ2v) is 8.72. The van der Waals surface area contributed by atoms with Crippen LogP contribution < -0.4 is 5.73 Å². The first-order valence-corrected chi connectivity index (χ1v) is 9.17. The average molecular weight is 322 g/mol. The molecule has 0 saturated carbocycles. The third-order valence-corrected chi connectivity index (χ3v) is 6.51. The Bertz CT molecular complexity index is 571. The van der Waals surface area contributed by atoms with E-state index in [0.717, 1.165) is 0 Å². The smallest absolute Gasteiger partial charge is 0.233 e. The van der Waals surface area contributed by atoms with Gasteiger partial charge in [0.1, 0.15) is 0 Å². The minimum Gasteiger partial charge on any atom is -0.374 e. The lowest BCUT2D eigenvalue weighted by molar-refractivity contribution is -0.128. The van der Waals surface area contributed by atoms with E-state index in [9.17, 15) is 13.2 Å². The van der Waals surface area contributed by atoms with E-state index in [1.165, 1.54) is 28.0 Å². The second-order valence-electron chi connectivity index (χ2n) is 4.26. The van der Waals surface area contributed by atoms with E-state index in [2.05, 4.69) is 10.2 Å². The molecule has 1 aromatic heterocycles. The lowest BCUT2D eigenvalue weighted by atomic mass is 10.2. The summed E-state index contributed by atoms with van der Waals surface area (Å²) >= 11 is 2.49. The maximum Gasteiger partial charge on any atom is 0.233 e. The summed E-state index contributed by atoms with van der Waals surface area (Å²) in [7, 11) is -1.33. The number of nitrogens with two attached hydrogens (primary N) is 1. The minimum atomic E-state index is -2.98. The van der Waals surface area contributed by atoms with Gasteiger partial charge in [0, 0.05) is 13.1 Å². The number of amides is 1. The van der Waals surface area contributed by atoms with E-state index < -0.39 is 9.84 Å². The highest BCUT2D eigenvalue weighted by Gasteiger charge is 2.32. The van der Waals surface area contributed by atoms with Crippen LogP contribution in [-0.2, 0) is 14.6 Å². The number of aromatic nitrogens is 2. The summed E-state index contributed by atoms with van der Waals surface area (Å²) in [5.74, 6) is 0.323. The Morgan fingerprint density at radius 3 is 2.84 bits per heavy atom. The molecular weight excluding hydrogens is 308 g/mol. The van der Waals surface area contributed by atoms with E-state index in [4.69, 9.17) is 5.73 Å². The number of rotatable bonds is 4. The predicted molar refractivity (Wildman–Crippen MR) is 74.9 cm³/mol. The number of sulfone groups is 1. The summed E-state index contributed by atoms with van der Waals surface area (Å²) in [6.07, 6.45) is 0.515. The van der Waals surface area contributed by atoms with Crippen LogP contribution in [0.25, 0.3) is 0 Å². The molecule has 106 valence electrons. The van der Waals surface area contributed by atoms with Gasteiger partial charge in [-0.2, -0.15) is 0 Å². The normalized spacial score (nSPS) is 21.4. The average Bonchev–Trinajstić information content (AvgIpc) is 2.91. The largest absolute Gasteiger partial charge is 0.374 e. The van der Waals surface area contributed by atoms with Crippen molar-refractivity contribution in [3.63, 3.8) is 0 Å². The molecule has 2 heterocycles. The summed E-state index contributed by atoms with van der Waals surface area (Å²) in [6.45, 7) is 0. The topological polar surface area (TPSA) is 106 Å². The van der Waals surface area contributed by atoms with Crippen LogP contribution in [0.5, 0.6) is 0 Å². The Morgan fingerprint density at radius 1 is 1.58 bits per heavy atom. The van der Waals surface area contributed by atoms with Gasteiger partial charge in [-0.25, -0.2) is 8.42 Å². The van der Waals surface area contributed by atoms with Crippen molar-refractivity contribution in [2.75, 3.05) is 30.0 Å². The molecule has 19 heavy (non-hydrogen) atoms. The van der Waals surface area contributed by atoms with Crippen LogP contribution in [0.3, 0.4) is 0 Å². The molecule has 0 aromatic carbocycles. The number of hydrogen-bond donors (Lipinski definition) is 1. The zero-order valence-electron chi connectivity index (χ0n) is 10.3. The summed E-state index contributed by atoms with van der Waals surface area (Å²) in [5.41, 5.74) is 5.44. The van der Waals surface area contributed by atoms with Crippen molar-refractivity contribution in [1.82, 2.24) is 15.1 Å². The Balaban J connectivity index is 1.86. The summed E-state index contributed by atoms with van der Waals surface area (Å²) < 4.78 is 23.4. The molecule has 2 rings (SSSR count). The maximum absolute atomic E-state index is 12.0. The zero-order chi connectivity index (χ0) is 14.0. The predicted octanol–water partition coefficient (Wildman–Crippen LogP) is -0.142. The minimum absolute atomic E-state index is 0.0612. The number of anilines is 1. The van der Waals surface area contributed by atoms with Crippen molar-refractivity contribution < 1.29 is 13.2 Å². The highest BCUT2D eigenvalue weighted by Crippen LogP contribution is 2.24. The van der Waals surface area contributed by atoms with Crippen molar-refractivity contribution in [3.05, 3.63) is 0 Å². The van der Waals surface area contributed by atoms with Gasteiger partial charge in [-0.3, -0.25) is 4.79 Å². The van der Waals surface area contributed by atoms with Crippen LogP contribution in [0.15, 0.2) is 4.34 Å². The molecule has 0 radical (unpaired) electrons. The molecule has 0 bridgehead atoms. The molecule has 1 atom stereocenters. The molecule has 7 nitrogen and oxygen atoms in total. The SMILES string of the molecule is CN(C(=O)CSc1nnc(N)s1)[C@@H]1CCS(=O)(=O)C1. The van der Waals surface area contributed by atoms with Gasteiger partial charge >= 0.3 is 0 Å². The number of carbonyl (C=O) groups is 1. The molecule has 0 aliphatic carbocycles. The highest BCUT2D eigenvalue weighted by atomic mass is 32.2. The lowest BCUT2D eigenvalue weighted by Gasteiger charge is -2.22. The first-order chi connectivity index (χ1) is 8.87. The molecule has 10 heteroatoms. The maximum atomic E-state index is 12.0. The van der Waals surface area contributed by atoms with Gasteiger partial charge < -0.3 is 10.6 Å². The molecule has 1 aliphatic heterocycles. The van der Waals surface area contributed by atoms with Crippen molar-refractivity contribution in [1.29, 1.82) is 0 Å². The molecular formula is C9H14N4O3S3. The van der Waals surface area contributed by atoms with Crippen molar-refractivity contribution >= 4 is 44.0 Å². The van der Waals surface area contributed by atoms with Crippen molar-refractivity contribution in [2.24, 2.45) is 0 Å².